The summed E-state index contributed by atoms with van der Waals surface area (Å²) in [5.41, 5.74) is 0.871. The topological polar surface area (TPSA) is 72.9 Å². The minimum atomic E-state index is 0.525. The first kappa shape index (κ1) is 18.7. The molecule has 0 spiro atoms. The SMILES string of the molecule is Clc1ccccc1-n1c(SCc2noc(-c3cccs3)n2)nnc1N1CCCC1. The molecular formula is C19H17ClN6OS2. The third kappa shape index (κ3) is 3.77. The Balaban J connectivity index is 1.43. The smallest absolute Gasteiger partial charge is 0.268 e. The van der Waals surface area contributed by atoms with Crippen molar-refractivity contribution in [2.24, 2.45) is 0 Å². The third-order valence-corrected chi connectivity index (χ3v) is 6.73. The van der Waals surface area contributed by atoms with E-state index in [4.69, 9.17) is 16.1 Å². The number of thiophene rings is 1. The van der Waals surface area contributed by atoms with E-state index in [0.717, 1.165) is 47.6 Å². The first-order valence-corrected chi connectivity index (χ1v) is 11.5. The predicted octanol–water partition coefficient (Wildman–Crippen LogP) is 4.92. The molecule has 0 aliphatic carbocycles. The number of thioether (sulfide) groups is 1. The molecule has 0 unspecified atom stereocenters. The van der Waals surface area contributed by atoms with Crippen LogP contribution in [-0.2, 0) is 5.75 Å². The van der Waals surface area contributed by atoms with E-state index in [1.807, 2.05) is 46.3 Å². The second-order valence-electron chi connectivity index (χ2n) is 6.55. The minimum absolute atomic E-state index is 0.525. The number of benzene rings is 1. The zero-order valence-corrected chi connectivity index (χ0v) is 17.8. The van der Waals surface area contributed by atoms with Crippen molar-refractivity contribution in [3.63, 3.8) is 0 Å². The van der Waals surface area contributed by atoms with Crippen LogP contribution in [-0.4, -0.2) is 38.0 Å². The van der Waals surface area contributed by atoms with Gasteiger partial charge >= 0.3 is 0 Å². The molecule has 4 heterocycles. The first-order valence-electron chi connectivity index (χ1n) is 9.24. The van der Waals surface area contributed by atoms with Gasteiger partial charge < -0.3 is 9.42 Å². The molecule has 0 saturated carbocycles. The van der Waals surface area contributed by atoms with Crippen molar-refractivity contribution in [1.82, 2.24) is 24.9 Å². The Hall–Kier alpha value is -2.36. The lowest BCUT2D eigenvalue weighted by Crippen LogP contribution is -2.22. The van der Waals surface area contributed by atoms with Gasteiger partial charge in [-0.3, -0.25) is 4.57 Å². The lowest BCUT2D eigenvalue weighted by Gasteiger charge is -2.18. The van der Waals surface area contributed by atoms with Crippen LogP contribution in [0.2, 0.25) is 5.02 Å². The van der Waals surface area contributed by atoms with Crippen LogP contribution in [0.1, 0.15) is 18.7 Å². The highest BCUT2D eigenvalue weighted by molar-refractivity contribution is 7.98. The Labute approximate surface area is 180 Å². The monoisotopic (exact) mass is 444 g/mol. The number of para-hydroxylation sites is 1. The van der Waals surface area contributed by atoms with Crippen LogP contribution in [0.5, 0.6) is 0 Å². The van der Waals surface area contributed by atoms with E-state index in [9.17, 15) is 0 Å². The highest BCUT2D eigenvalue weighted by Gasteiger charge is 2.24. The lowest BCUT2D eigenvalue weighted by molar-refractivity contribution is 0.426. The van der Waals surface area contributed by atoms with E-state index in [1.165, 1.54) is 11.8 Å². The molecule has 1 aliphatic heterocycles. The van der Waals surface area contributed by atoms with Crippen LogP contribution in [0.25, 0.3) is 16.5 Å². The normalized spacial score (nSPS) is 14.0. The molecule has 10 heteroatoms. The van der Waals surface area contributed by atoms with E-state index in [-0.39, 0.29) is 0 Å². The fourth-order valence-electron chi connectivity index (χ4n) is 3.26. The quantitative estimate of drug-likeness (QED) is 0.390. The fraction of sp³-hybridized carbons (Fsp3) is 0.263. The number of anilines is 1. The summed E-state index contributed by atoms with van der Waals surface area (Å²) in [5.74, 6) is 2.51. The largest absolute Gasteiger partial charge is 0.341 e. The molecule has 1 aliphatic rings. The van der Waals surface area contributed by atoms with E-state index >= 15 is 0 Å². The molecule has 0 N–H and O–H groups in total. The van der Waals surface area contributed by atoms with E-state index in [0.29, 0.717) is 22.5 Å². The van der Waals surface area contributed by atoms with Gasteiger partial charge in [-0.1, -0.05) is 46.7 Å². The number of nitrogens with zero attached hydrogens (tertiary/aromatic N) is 6. The van der Waals surface area contributed by atoms with Crippen molar-refractivity contribution in [3.05, 3.63) is 52.6 Å². The van der Waals surface area contributed by atoms with Gasteiger partial charge in [-0.2, -0.15) is 4.98 Å². The number of rotatable bonds is 6. The van der Waals surface area contributed by atoms with Gasteiger partial charge in [0, 0.05) is 13.1 Å². The highest BCUT2D eigenvalue weighted by Crippen LogP contribution is 2.33. The number of halogens is 1. The van der Waals surface area contributed by atoms with E-state index < -0.39 is 0 Å². The van der Waals surface area contributed by atoms with Gasteiger partial charge in [-0.05, 0) is 36.4 Å². The molecular weight excluding hydrogens is 428 g/mol. The summed E-state index contributed by atoms with van der Waals surface area (Å²) in [6, 6.07) is 11.7. The van der Waals surface area contributed by atoms with Crippen molar-refractivity contribution in [2.75, 3.05) is 18.0 Å². The van der Waals surface area contributed by atoms with Gasteiger partial charge in [-0.15, -0.1) is 21.5 Å². The summed E-state index contributed by atoms with van der Waals surface area (Å²) in [4.78, 5) is 7.71. The van der Waals surface area contributed by atoms with Crippen molar-refractivity contribution in [3.8, 4) is 16.5 Å². The molecule has 0 radical (unpaired) electrons. The summed E-state index contributed by atoms with van der Waals surface area (Å²) >= 11 is 9.59. The highest BCUT2D eigenvalue weighted by atomic mass is 35.5. The van der Waals surface area contributed by atoms with Gasteiger partial charge in [0.1, 0.15) is 0 Å². The average molecular weight is 445 g/mol. The molecule has 1 saturated heterocycles. The Morgan fingerprint density at radius 3 is 2.76 bits per heavy atom. The van der Waals surface area contributed by atoms with Gasteiger partial charge in [-0.25, -0.2) is 0 Å². The average Bonchev–Trinajstić information content (AvgIpc) is 3.54. The third-order valence-electron chi connectivity index (χ3n) is 4.63. The first-order chi connectivity index (χ1) is 14.3. The van der Waals surface area contributed by atoms with Crippen molar-refractivity contribution in [1.29, 1.82) is 0 Å². The fourth-order valence-corrected chi connectivity index (χ4v) is 4.91. The molecule has 5 rings (SSSR count). The van der Waals surface area contributed by atoms with Crippen molar-refractivity contribution < 1.29 is 4.52 Å². The van der Waals surface area contributed by atoms with E-state index in [2.05, 4.69) is 25.2 Å². The van der Waals surface area contributed by atoms with Crippen LogP contribution in [0.15, 0.2) is 51.5 Å². The molecule has 3 aromatic heterocycles. The predicted molar refractivity (Wildman–Crippen MR) is 115 cm³/mol. The molecule has 148 valence electrons. The molecule has 4 aromatic rings. The maximum Gasteiger partial charge on any atom is 0.268 e. The van der Waals surface area contributed by atoms with E-state index in [1.54, 1.807) is 11.3 Å². The molecule has 0 bridgehead atoms. The van der Waals surface area contributed by atoms with Gasteiger partial charge in [0.15, 0.2) is 11.0 Å². The standard InChI is InChI=1S/C19H17ClN6OS2/c20-13-6-1-2-7-14(13)26-18(25-9-3-4-10-25)22-23-19(26)29-12-16-21-17(27-24-16)15-8-5-11-28-15/h1-2,5-8,11H,3-4,9-10,12H2. The maximum absolute atomic E-state index is 6.50. The Morgan fingerprint density at radius 1 is 1.10 bits per heavy atom. The zero-order valence-electron chi connectivity index (χ0n) is 15.4. The van der Waals surface area contributed by atoms with Crippen LogP contribution in [0, 0.1) is 0 Å². The minimum Gasteiger partial charge on any atom is -0.341 e. The Morgan fingerprint density at radius 2 is 1.97 bits per heavy atom. The van der Waals surface area contributed by atoms with Gasteiger partial charge in [0.05, 0.1) is 21.3 Å². The Bertz CT molecular complexity index is 1100. The second kappa shape index (κ2) is 8.17. The summed E-state index contributed by atoms with van der Waals surface area (Å²) < 4.78 is 7.41. The van der Waals surface area contributed by atoms with Crippen LogP contribution < -0.4 is 4.90 Å². The molecule has 7 nitrogen and oxygen atoms in total. The summed E-state index contributed by atoms with van der Waals surface area (Å²) in [5, 5.41) is 16.4. The molecule has 0 amide bonds. The van der Waals surface area contributed by atoms with Gasteiger partial charge in [0.2, 0.25) is 5.95 Å². The second-order valence-corrected chi connectivity index (χ2v) is 8.84. The number of hydrogen-bond acceptors (Lipinski definition) is 8. The number of hydrogen-bond donors (Lipinski definition) is 0. The van der Waals surface area contributed by atoms with Gasteiger partial charge in [0.25, 0.3) is 5.89 Å². The summed E-state index contributed by atoms with van der Waals surface area (Å²) in [7, 11) is 0. The molecule has 0 atom stereocenters. The maximum atomic E-state index is 6.50. The van der Waals surface area contributed by atoms with Crippen LogP contribution in [0.4, 0.5) is 5.95 Å². The summed E-state index contributed by atoms with van der Waals surface area (Å²) in [6.07, 6.45) is 2.32. The van der Waals surface area contributed by atoms with Crippen LogP contribution in [0.3, 0.4) is 0 Å². The zero-order chi connectivity index (χ0) is 19.6. The van der Waals surface area contributed by atoms with Crippen molar-refractivity contribution in [2.45, 2.75) is 23.8 Å². The van der Waals surface area contributed by atoms with Crippen LogP contribution >= 0.6 is 34.7 Å². The molecule has 1 aromatic carbocycles. The molecule has 29 heavy (non-hydrogen) atoms. The van der Waals surface area contributed by atoms with Crippen molar-refractivity contribution >= 4 is 40.6 Å². The lowest BCUT2D eigenvalue weighted by atomic mass is 10.3. The summed E-state index contributed by atoms with van der Waals surface area (Å²) in [6.45, 7) is 1.95. The Kier molecular flexibility index (Phi) is 5.26. The number of aromatic nitrogens is 5. The molecule has 1 fully saturated rings.